The minimum atomic E-state index is -0.0691. The fourth-order valence-electron chi connectivity index (χ4n) is 2.17. The van der Waals surface area contributed by atoms with Crippen molar-refractivity contribution >= 4 is 0 Å². The van der Waals surface area contributed by atoms with E-state index in [9.17, 15) is 4.39 Å². The molecule has 76 valence electrons. The van der Waals surface area contributed by atoms with Crippen molar-refractivity contribution in [2.45, 2.75) is 26.3 Å². The summed E-state index contributed by atoms with van der Waals surface area (Å²) in [5.74, 6) is 0.943. The Labute approximate surface area is 84.3 Å². The molecule has 2 rings (SSSR count). The lowest BCUT2D eigenvalue weighted by molar-refractivity contribution is 0.426. The van der Waals surface area contributed by atoms with Gasteiger partial charge in [0.1, 0.15) is 5.82 Å². The van der Waals surface area contributed by atoms with Gasteiger partial charge in [0.05, 0.1) is 0 Å². The van der Waals surface area contributed by atoms with Gasteiger partial charge in [-0.2, -0.15) is 0 Å². The topological polar surface area (TPSA) is 12.0 Å². The maximum absolute atomic E-state index is 13.5. The smallest absolute Gasteiger partial charge is 0.127 e. The van der Waals surface area contributed by atoms with Gasteiger partial charge in [-0.25, -0.2) is 4.39 Å². The van der Waals surface area contributed by atoms with Crippen LogP contribution in [0.2, 0.25) is 0 Å². The molecule has 1 atom stereocenters. The molecule has 1 aliphatic rings. The van der Waals surface area contributed by atoms with Gasteiger partial charge in [-0.3, -0.25) is 0 Å². The molecule has 1 aromatic rings. The predicted molar refractivity (Wildman–Crippen MR) is 55.7 cm³/mol. The highest BCUT2D eigenvalue weighted by Crippen LogP contribution is 2.30. The summed E-state index contributed by atoms with van der Waals surface area (Å²) in [5, 5.41) is 3.27. The Morgan fingerprint density at radius 1 is 1.43 bits per heavy atom. The number of nitrogens with one attached hydrogen (secondary N) is 1. The van der Waals surface area contributed by atoms with E-state index in [1.807, 2.05) is 6.07 Å². The molecule has 0 amide bonds. The third kappa shape index (κ3) is 1.55. The van der Waals surface area contributed by atoms with Crippen LogP contribution in [0.25, 0.3) is 0 Å². The highest BCUT2D eigenvalue weighted by molar-refractivity contribution is 5.34. The standard InChI is InChI=1S/C12H16FN/c1-8(2)10-6-14-7-11-9(10)4-3-5-12(11)13/h3-5,8,10,14H,6-7H2,1-2H3. The van der Waals surface area contributed by atoms with Crippen molar-refractivity contribution in [3.05, 3.63) is 35.1 Å². The molecule has 0 saturated heterocycles. The molecule has 1 aromatic carbocycles. The van der Waals surface area contributed by atoms with Crippen molar-refractivity contribution in [1.82, 2.24) is 5.32 Å². The van der Waals surface area contributed by atoms with E-state index in [1.54, 1.807) is 6.07 Å². The Morgan fingerprint density at radius 2 is 2.21 bits per heavy atom. The monoisotopic (exact) mass is 193 g/mol. The van der Waals surface area contributed by atoms with Gasteiger partial charge in [0.15, 0.2) is 0 Å². The van der Waals surface area contributed by atoms with E-state index in [-0.39, 0.29) is 5.82 Å². The third-order valence-corrected chi connectivity index (χ3v) is 3.03. The van der Waals surface area contributed by atoms with E-state index in [0.717, 1.165) is 12.1 Å². The Hall–Kier alpha value is -0.890. The molecule has 1 heterocycles. The summed E-state index contributed by atoms with van der Waals surface area (Å²) in [6, 6.07) is 5.42. The van der Waals surface area contributed by atoms with E-state index in [1.165, 1.54) is 5.56 Å². The number of hydrogen-bond donors (Lipinski definition) is 1. The van der Waals surface area contributed by atoms with Crippen LogP contribution in [0.5, 0.6) is 0 Å². The van der Waals surface area contributed by atoms with Gasteiger partial charge >= 0.3 is 0 Å². The summed E-state index contributed by atoms with van der Waals surface area (Å²) in [7, 11) is 0. The maximum atomic E-state index is 13.5. The summed E-state index contributed by atoms with van der Waals surface area (Å²) in [4.78, 5) is 0. The summed E-state index contributed by atoms with van der Waals surface area (Å²) < 4.78 is 13.5. The van der Waals surface area contributed by atoms with Crippen molar-refractivity contribution in [2.24, 2.45) is 5.92 Å². The van der Waals surface area contributed by atoms with Crippen LogP contribution in [0.4, 0.5) is 4.39 Å². The van der Waals surface area contributed by atoms with Crippen LogP contribution in [0, 0.1) is 11.7 Å². The van der Waals surface area contributed by atoms with Gasteiger partial charge in [0.2, 0.25) is 0 Å². The first-order valence-electron chi connectivity index (χ1n) is 5.18. The molecule has 0 bridgehead atoms. The Balaban J connectivity index is 2.44. The highest BCUT2D eigenvalue weighted by atomic mass is 19.1. The molecule has 1 N–H and O–H groups in total. The van der Waals surface area contributed by atoms with Gasteiger partial charge in [-0.15, -0.1) is 0 Å². The molecule has 0 aliphatic carbocycles. The van der Waals surface area contributed by atoms with Crippen LogP contribution in [0.3, 0.4) is 0 Å². The molecule has 0 saturated carbocycles. The lowest BCUT2D eigenvalue weighted by Gasteiger charge is -2.29. The third-order valence-electron chi connectivity index (χ3n) is 3.03. The Kier molecular flexibility index (Phi) is 2.55. The molecule has 1 nitrogen and oxygen atoms in total. The largest absolute Gasteiger partial charge is 0.312 e. The van der Waals surface area contributed by atoms with Crippen molar-refractivity contribution in [1.29, 1.82) is 0 Å². The quantitative estimate of drug-likeness (QED) is 0.723. The fraction of sp³-hybridized carbons (Fsp3) is 0.500. The second-order valence-electron chi connectivity index (χ2n) is 4.29. The minimum absolute atomic E-state index is 0.0691. The summed E-state index contributed by atoms with van der Waals surface area (Å²) in [6.45, 7) is 6.01. The lowest BCUT2D eigenvalue weighted by atomic mass is 9.83. The van der Waals surface area contributed by atoms with Gasteiger partial charge in [0, 0.05) is 18.7 Å². The molecule has 0 fully saturated rings. The Morgan fingerprint density at radius 3 is 2.93 bits per heavy atom. The van der Waals surface area contributed by atoms with Crippen molar-refractivity contribution in [2.75, 3.05) is 6.54 Å². The summed E-state index contributed by atoms with van der Waals surface area (Å²) in [6.07, 6.45) is 0. The van der Waals surface area contributed by atoms with Crippen LogP contribution in [0.1, 0.15) is 30.9 Å². The van der Waals surface area contributed by atoms with Gasteiger partial charge in [-0.1, -0.05) is 26.0 Å². The molecule has 0 aromatic heterocycles. The van der Waals surface area contributed by atoms with Gasteiger partial charge in [0.25, 0.3) is 0 Å². The van der Waals surface area contributed by atoms with Crippen LogP contribution in [-0.4, -0.2) is 6.54 Å². The van der Waals surface area contributed by atoms with E-state index in [2.05, 4.69) is 25.2 Å². The molecule has 1 unspecified atom stereocenters. The average molecular weight is 193 g/mol. The van der Waals surface area contributed by atoms with Crippen molar-refractivity contribution < 1.29 is 4.39 Å². The minimum Gasteiger partial charge on any atom is -0.312 e. The number of halogens is 1. The van der Waals surface area contributed by atoms with Crippen LogP contribution in [-0.2, 0) is 6.54 Å². The maximum Gasteiger partial charge on any atom is 0.127 e. The van der Waals surface area contributed by atoms with E-state index in [0.29, 0.717) is 18.4 Å². The van der Waals surface area contributed by atoms with Gasteiger partial charge in [-0.05, 0) is 23.5 Å². The first-order valence-corrected chi connectivity index (χ1v) is 5.18. The number of hydrogen-bond acceptors (Lipinski definition) is 1. The fourth-order valence-corrected chi connectivity index (χ4v) is 2.17. The second-order valence-corrected chi connectivity index (χ2v) is 4.29. The first-order chi connectivity index (χ1) is 6.70. The zero-order valence-corrected chi connectivity index (χ0v) is 8.68. The van der Waals surface area contributed by atoms with E-state index < -0.39 is 0 Å². The van der Waals surface area contributed by atoms with Crippen LogP contribution < -0.4 is 5.32 Å². The first kappa shape index (κ1) is 9.66. The molecule has 1 aliphatic heterocycles. The van der Waals surface area contributed by atoms with Gasteiger partial charge < -0.3 is 5.32 Å². The summed E-state index contributed by atoms with van der Waals surface area (Å²) in [5.41, 5.74) is 2.05. The van der Waals surface area contributed by atoms with E-state index >= 15 is 0 Å². The molecule has 0 radical (unpaired) electrons. The Bertz CT molecular complexity index is 333. The number of rotatable bonds is 1. The molecular weight excluding hydrogens is 177 g/mol. The zero-order chi connectivity index (χ0) is 10.1. The van der Waals surface area contributed by atoms with E-state index in [4.69, 9.17) is 0 Å². The number of fused-ring (bicyclic) bond motifs is 1. The molecular formula is C12H16FN. The van der Waals surface area contributed by atoms with Crippen LogP contribution >= 0.6 is 0 Å². The van der Waals surface area contributed by atoms with Crippen molar-refractivity contribution in [3.63, 3.8) is 0 Å². The summed E-state index contributed by atoms with van der Waals surface area (Å²) >= 11 is 0. The number of benzene rings is 1. The predicted octanol–water partition coefficient (Wildman–Crippen LogP) is 2.67. The zero-order valence-electron chi connectivity index (χ0n) is 8.68. The highest BCUT2D eigenvalue weighted by Gasteiger charge is 2.24. The van der Waals surface area contributed by atoms with Crippen molar-refractivity contribution in [3.8, 4) is 0 Å². The molecule has 14 heavy (non-hydrogen) atoms. The molecule has 2 heteroatoms. The normalized spacial score (nSPS) is 21.0. The van der Waals surface area contributed by atoms with Crippen LogP contribution in [0.15, 0.2) is 18.2 Å². The second kappa shape index (κ2) is 3.70. The lowest BCUT2D eigenvalue weighted by Crippen LogP contribution is -2.31. The molecule has 0 spiro atoms. The SMILES string of the molecule is CC(C)C1CNCc2c(F)cccc21. The average Bonchev–Trinajstić information content (AvgIpc) is 2.17.